The lowest BCUT2D eigenvalue weighted by Gasteiger charge is -2.30. The van der Waals surface area contributed by atoms with Crippen LogP contribution in [0.2, 0.25) is 5.02 Å². The Balaban J connectivity index is 0.895. The van der Waals surface area contributed by atoms with Gasteiger partial charge in [-0.15, -0.1) is 11.8 Å². The minimum absolute atomic E-state index is 0.00499. The number of carbonyl (C=O) groups is 16. The van der Waals surface area contributed by atoms with Crippen molar-refractivity contribution in [1.29, 1.82) is 5.41 Å². The number of rotatable bonds is 61. The number of guanidine groups is 1. The van der Waals surface area contributed by atoms with Crippen molar-refractivity contribution in [2.24, 2.45) is 52.2 Å². The average molecular weight is 1940 g/mol. The van der Waals surface area contributed by atoms with E-state index in [2.05, 4.69) is 74.4 Å². The van der Waals surface area contributed by atoms with E-state index >= 15 is 0 Å². The van der Waals surface area contributed by atoms with Crippen molar-refractivity contribution in [3.63, 3.8) is 0 Å². The molecule has 45 heteroatoms. The number of fused-ring (bicyclic) bond motifs is 2. The third kappa shape index (κ3) is 37.0. The third-order valence-electron chi connectivity index (χ3n) is 23.9. The molecule has 136 heavy (non-hydrogen) atoms. The van der Waals surface area contributed by atoms with Crippen LogP contribution in [0.4, 0.5) is 5.69 Å². The van der Waals surface area contributed by atoms with E-state index in [0.29, 0.717) is 101 Å². The molecule has 7 rings (SSSR count). The highest BCUT2D eigenvalue weighted by Gasteiger charge is 2.43. The van der Waals surface area contributed by atoms with Crippen LogP contribution in [0.25, 0.3) is 21.8 Å². The molecule has 1 unspecified atom stereocenters. The number of aliphatic carboxylic acids is 1. The van der Waals surface area contributed by atoms with Crippen LogP contribution in [-0.2, 0) is 83.1 Å². The van der Waals surface area contributed by atoms with E-state index in [9.17, 15) is 81.8 Å². The van der Waals surface area contributed by atoms with Crippen molar-refractivity contribution >= 4 is 151 Å². The lowest BCUT2D eigenvalue weighted by molar-refractivity contribution is -0.140. The van der Waals surface area contributed by atoms with E-state index in [1.54, 1.807) is 21.0 Å². The number of aromatic hydroxyl groups is 1. The highest BCUT2D eigenvalue weighted by Crippen LogP contribution is 2.36. The molecule has 3 aliphatic rings. The Hall–Kier alpha value is -11.8. The molecule has 10 atom stereocenters. The van der Waals surface area contributed by atoms with Gasteiger partial charge in [-0.25, -0.2) is 4.98 Å². The summed E-state index contributed by atoms with van der Waals surface area (Å²) in [6.45, 7) is 2.94. The van der Waals surface area contributed by atoms with Crippen LogP contribution in [-0.4, -0.2) is 283 Å². The van der Waals surface area contributed by atoms with E-state index in [1.165, 1.54) is 34.1 Å². The van der Waals surface area contributed by atoms with Crippen LogP contribution >= 0.6 is 23.4 Å². The fourth-order valence-corrected chi connectivity index (χ4v) is 17.5. The number of carboxylic acid groups (broad SMARTS) is 1. The molecule has 15 amide bonds. The minimum Gasteiger partial charge on any atom is -0.508 e. The van der Waals surface area contributed by atoms with Crippen LogP contribution in [0.3, 0.4) is 0 Å². The number of amides is 15. The molecule has 2 saturated heterocycles. The van der Waals surface area contributed by atoms with Crippen molar-refractivity contribution in [1.82, 2.24) is 83.9 Å². The Kier molecular flexibility index (Phi) is 47.9. The molecule has 2 aliphatic heterocycles. The molecule has 1 aromatic heterocycles. The summed E-state index contributed by atoms with van der Waals surface area (Å²) in [4.78, 5) is 227. The first-order chi connectivity index (χ1) is 65.1. The maximum Gasteiger partial charge on any atom is 0.322 e. The number of hydrogen-bond donors (Lipinski definition) is 23. The van der Waals surface area contributed by atoms with E-state index in [0.717, 1.165) is 64.3 Å². The zero-order valence-electron chi connectivity index (χ0n) is 77.8. The SMILES string of the molecule is COc1ccc2nc3cc(Cl)ccc3c(NCCCCCNC(=O)C3CCC(CN4C(=O)CC(SC[C@H](N)C(=O)NCC(=O)N[C@@H](Cc5ccc(O)cc5)C(=O)NCC(=O)N5CCC[C@H]5C(=O)N[C@@H](CCCCN)C(=O)N[C@@H](CCCCN)C(=O)N[C@@H](CCCCN)C(=O)N[C@@H](CCCNC(=N)N)C(=O)N[C@@H](CCCCN)C(=O)N[C@H](C(=O)NCC(=O)NCC(=O)O)C(C)C)C4=O)CC3)c2c1. The molecule has 29 N–H and O–H groups in total. The number of anilines is 1. The Morgan fingerprint density at radius 3 is 1.65 bits per heavy atom. The number of nitrogens with two attached hydrogens (primary N) is 6. The number of phenols is 1. The zero-order valence-corrected chi connectivity index (χ0v) is 79.4. The number of unbranched alkanes of at least 4 members (excludes halogenated alkanes) is 6. The Labute approximate surface area is 800 Å². The van der Waals surface area contributed by atoms with Crippen LogP contribution < -0.4 is 114 Å². The molecule has 3 heterocycles. The van der Waals surface area contributed by atoms with Crippen molar-refractivity contribution in [2.45, 2.75) is 234 Å². The number of aromatic nitrogens is 1. The number of carboxylic acids is 1. The molecule has 4 aromatic rings. The fourth-order valence-electron chi connectivity index (χ4n) is 16.2. The first-order valence-electron chi connectivity index (χ1n) is 46.8. The van der Waals surface area contributed by atoms with Gasteiger partial charge in [0.15, 0.2) is 5.96 Å². The first-order valence-corrected chi connectivity index (χ1v) is 48.3. The topological polar surface area (TPSA) is 691 Å². The lowest BCUT2D eigenvalue weighted by atomic mass is 9.81. The number of methoxy groups -OCH3 is 1. The molecular weight excluding hydrogens is 1800 g/mol. The molecule has 43 nitrogen and oxygen atoms in total. The average Bonchev–Trinajstić information content (AvgIpc) is 0.954. The predicted molar refractivity (Wildman–Crippen MR) is 513 cm³/mol. The molecule has 3 aromatic carbocycles. The number of nitrogens with zero attached hydrogens (tertiary/aromatic N) is 3. The zero-order chi connectivity index (χ0) is 99.3. The molecule has 750 valence electrons. The number of phenolic OH excluding ortho intramolecular Hbond substituents is 1. The number of ether oxygens (including phenoxy) is 1. The van der Waals surface area contributed by atoms with Gasteiger partial charge in [-0.1, -0.05) is 37.6 Å². The smallest absolute Gasteiger partial charge is 0.322 e. The van der Waals surface area contributed by atoms with Crippen LogP contribution in [0, 0.1) is 23.2 Å². The van der Waals surface area contributed by atoms with E-state index < -0.39 is 174 Å². The second-order valence-corrected chi connectivity index (χ2v) is 36.4. The molecule has 3 fully saturated rings. The Bertz CT molecular complexity index is 4730. The molecular formula is C91H139ClN24O19S. The summed E-state index contributed by atoms with van der Waals surface area (Å²) in [5, 5.41) is 66.1. The minimum atomic E-state index is -1.42. The molecule has 1 saturated carbocycles. The third-order valence-corrected chi connectivity index (χ3v) is 25.4. The van der Waals surface area contributed by atoms with Gasteiger partial charge in [0.25, 0.3) is 0 Å². The number of imide groups is 1. The normalized spacial score (nSPS) is 17.0. The monoisotopic (exact) mass is 1940 g/mol. The fraction of sp³-hybridized carbons (Fsp3) is 0.604. The van der Waals surface area contributed by atoms with Gasteiger partial charge in [-0.2, -0.15) is 0 Å². The van der Waals surface area contributed by atoms with E-state index in [1.807, 2.05) is 36.4 Å². The molecule has 0 spiro atoms. The van der Waals surface area contributed by atoms with Gasteiger partial charge in [-0.3, -0.25) is 87.0 Å². The second-order valence-electron chi connectivity index (χ2n) is 34.7. The van der Waals surface area contributed by atoms with Crippen LogP contribution in [0.15, 0.2) is 60.7 Å². The van der Waals surface area contributed by atoms with Crippen molar-refractivity contribution < 1.29 is 91.7 Å². The summed E-state index contributed by atoms with van der Waals surface area (Å²) in [7, 11) is 1.62. The van der Waals surface area contributed by atoms with Gasteiger partial charge in [0.1, 0.15) is 66.4 Å². The predicted octanol–water partition coefficient (Wildman–Crippen LogP) is -0.940. The lowest BCUT2D eigenvalue weighted by Crippen LogP contribution is -2.60. The van der Waals surface area contributed by atoms with Crippen molar-refractivity contribution in [2.75, 3.05) is 103 Å². The Morgan fingerprint density at radius 2 is 1.09 bits per heavy atom. The summed E-state index contributed by atoms with van der Waals surface area (Å²) < 4.78 is 5.50. The molecule has 1 aliphatic carbocycles. The highest BCUT2D eigenvalue weighted by atomic mass is 35.5. The van der Waals surface area contributed by atoms with E-state index in [-0.39, 0.29) is 151 Å². The number of hydrogen-bond acceptors (Lipinski definition) is 27. The number of thioether (sulfide) groups is 1. The maximum atomic E-state index is 14.7. The number of likely N-dealkylation sites (tertiary alicyclic amines) is 2. The van der Waals surface area contributed by atoms with Crippen molar-refractivity contribution in [3.05, 3.63) is 71.2 Å². The number of benzene rings is 3. The summed E-state index contributed by atoms with van der Waals surface area (Å²) in [5.41, 5.74) is 38.3. The van der Waals surface area contributed by atoms with E-state index in [4.69, 9.17) is 66.2 Å². The molecule has 0 bridgehead atoms. The largest absolute Gasteiger partial charge is 0.508 e. The number of nitrogens with one attached hydrogen (secondary N) is 15. The second kappa shape index (κ2) is 58.6. The summed E-state index contributed by atoms with van der Waals surface area (Å²) in [6, 6.07) is 5.25. The van der Waals surface area contributed by atoms with Gasteiger partial charge in [0, 0.05) is 73.0 Å². The van der Waals surface area contributed by atoms with Crippen LogP contribution in [0.5, 0.6) is 11.5 Å². The first kappa shape index (κ1) is 111. The van der Waals surface area contributed by atoms with Crippen LogP contribution in [0.1, 0.15) is 174 Å². The van der Waals surface area contributed by atoms with Gasteiger partial charge in [-0.05, 0) is 240 Å². The number of halogens is 1. The standard InChI is InChI=1S/C91H139ClN24O19S/c1-53(2)78(89(133)105-47-73(118)103-50-77(122)123)114-87(131)67(20-8-12-38-96)111-86(130)68(21-15-41-102-91(98)99)112-84(128)65(18-6-10-36-94)109-83(127)64(17-5-9-35-93)110-85(129)66(19-7-11-37-95)113-88(132)71-22-16-42-115(71)76(121)49-106-82(126)70(43-54-25-30-58(117)31-26-54)108-74(119)48-104-81(125)62(97)52-136-72-46-75(120)116(90(72)134)51-55-23-27-56(28-24-55)80(124)101-40-14-4-13-39-100-79-60-33-29-57(92)44-69(60)107-63-34-32-59(135-3)45-61(63)79/h25-26,29-34,44-45,53,55-56,62,64-68,70-72,78,117H,4-24,27-28,35-43,46-52,93-97H2,1-3H3,(H,100,107)(H,101,124)(H,103,118)(H,104,125)(H,105,133)(H,106,126)(H,108,119)(H,109,127)(H,110,129)(H,111,130)(H,112,128)(H,113,132)(H,114,131)(H,122,123)(H4,98,99,102)/t55?,56?,62-,64-,65-,66-,67-,68-,70-,71-,72?,78-/m0/s1. The Morgan fingerprint density at radius 1 is 0.544 bits per heavy atom. The van der Waals surface area contributed by atoms with Gasteiger partial charge in [0.2, 0.25) is 88.6 Å². The van der Waals surface area contributed by atoms with Gasteiger partial charge in [0.05, 0.1) is 54.8 Å². The summed E-state index contributed by atoms with van der Waals surface area (Å²) in [6.07, 6.45) is 7.97. The molecule has 0 radical (unpaired) electrons. The quantitative estimate of drug-likeness (QED) is 0.00834. The highest BCUT2D eigenvalue weighted by molar-refractivity contribution is 8.00. The van der Waals surface area contributed by atoms with Crippen molar-refractivity contribution in [3.8, 4) is 11.5 Å². The number of carbonyl (C=O) groups excluding carboxylic acids is 15. The number of pyridine rings is 1. The maximum absolute atomic E-state index is 14.7. The summed E-state index contributed by atoms with van der Waals surface area (Å²) >= 11 is 7.35. The summed E-state index contributed by atoms with van der Waals surface area (Å²) in [5.74, 6) is -12.4. The van der Waals surface area contributed by atoms with Gasteiger partial charge >= 0.3 is 5.97 Å². The van der Waals surface area contributed by atoms with Gasteiger partial charge < -0.3 is 129 Å².